The molecule has 2 atom stereocenters. The van der Waals surface area contributed by atoms with Gasteiger partial charge in [-0.15, -0.1) is 12.4 Å². The molecule has 2 aliphatic heterocycles. The Morgan fingerprint density at radius 2 is 0.909 bits per heavy atom. The number of unbranched alkanes of at least 4 members (excludes halogenated alkanes) is 6. The van der Waals surface area contributed by atoms with E-state index >= 15 is 0 Å². The lowest BCUT2D eigenvalue weighted by Gasteiger charge is -2.38. The van der Waals surface area contributed by atoms with E-state index in [9.17, 15) is 10.2 Å². The maximum atomic E-state index is 10.4. The molecule has 44 heavy (non-hydrogen) atoms. The molecule has 2 aromatic carbocycles. The Morgan fingerprint density at radius 1 is 0.545 bits per heavy atom. The third-order valence-corrected chi connectivity index (χ3v) is 11.8. The van der Waals surface area contributed by atoms with Crippen molar-refractivity contribution in [3.05, 3.63) is 44.5 Å². The average molecular weight is 647 g/mol. The fraction of sp³-hybridized carbons (Fsp3) is 0.684. The molecular formula is C38H59ClO4S. The Morgan fingerprint density at radius 3 is 1.30 bits per heavy atom. The van der Waals surface area contributed by atoms with E-state index in [2.05, 4.69) is 39.5 Å². The van der Waals surface area contributed by atoms with Crippen LogP contribution in [0.2, 0.25) is 0 Å². The summed E-state index contributed by atoms with van der Waals surface area (Å²) < 4.78 is 13.2. The predicted molar refractivity (Wildman–Crippen MR) is 190 cm³/mol. The summed E-state index contributed by atoms with van der Waals surface area (Å²) in [5.41, 5.74) is 8.33. The smallest absolute Gasteiger partial charge is 0.127 e. The van der Waals surface area contributed by atoms with E-state index in [-0.39, 0.29) is 23.6 Å². The number of thioether (sulfide) groups is 1. The van der Waals surface area contributed by atoms with Crippen LogP contribution in [0.5, 0.6) is 23.0 Å². The van der Waals surface area contributed by atoms with Crippen molar-refractivity contribution in [3.63, 3.8) is 0 Å². The summed E-state index contributed by atoms with van der Waals surface area (Å²) in [6.07, 6.45) is 16.5. The third kappa shape index (κ3) is 8.35. The van der Waals surface area contributed by atoms with Crippen molar-refractivity contribution in [1.82, 2.24) is 0 Å². The zero-order valence-electron chi connectivity index (χ0n) is 28.8. The molecule has 0 aliphatic carbocycles. The van der Waals surface area contributed by atoms with Gasteiger partial charge in [0.2, 0.25) is 0 Å². The highest BCUT2D eigenvalue weighted by Gasteiger charge is 2.35. The van der Waals surface area contributed by atoms with Crippen LogP contribution in [0.1, 0.15) is 135 Å². The molecule has 2 aliphatic rings. The summed E-state index contributed by atoms with van der Waals surface area (Å²) in [5.74, 6) is 5.50. The highest BCUT2D eigenvalue weighted by atomic mass is 35.5. The molecule has 2 heterocycles. The third-order valence-electron chi connectivity index (χ3n) is 10.7. The minimum absolute atomic E-state index is 0. The maximum absolute atomic E-state index is 10.4. The van der Waals surface area contributed by atoms with E-state index < -0.39 is 0 Å². The molecule has 0 bridgehead atoms. The first-order chi connectivity index (χ1) is 20.4. The van der Waals surface area contributed by atoms with Gasteiger partial charge < -0.3 is 19.7 Å². The summed E-state index contributed by atoms with van der Waals surface area (Å²) in [5, 5.41) is 20.9. The fourth-order valence-electron chi connectivity index (χ4n) is 7.16. The molecule has 2 unspecified atom stereocenters. The number of halogens is 1. The number of hydrogen-bond donors (Lipinski definition) is 2. The van der Waals surface area contributed by atoms with E-state index in [0.717, 1.165) is 83.4 Å². The monoisotopic (exact) mass is 646 g/mol. The van der Waals surface area contributed by atoms with Crippen LogP contribution in [-0.2, 0) is 12.8 Å². The van der Waals surface area contributed by atoms with Gasteiger partial charge in [-0.05, 0) is 164 Å². The number of ether oxygens (including phenoxy) is 2. The van der Waals surface area contributed by atoms with Crippen molar-refractivity contribution in [2.75, 3.05) is 11.5 Å². The number of benzene rings is 2. The van der Waals surface area contributed by atoms with Crippen molar-refractivity contribution < 1.29 is 19.7 Å². The number of rotatable bonds is 14. The first-order valence-electron chi connectivity index (χ1n) is 17.0. The zero-order valence-corrected chi connectivity index (χ0v) is 30.5. The molecule has 6 heteroatoms. The van der Waals surface area contributed by atoms with Crippen LogP contribution >= 0.6 is 24.2 Å². The van der Waals surface area contributed by atoms with Crippen LogP contribution in [-0.4, -0.2) is 32.9 Å². The minimum Gasteiger partial charge on any atom is -0.507 e. The van der Waals surface area contributed by atoms with Crippen LogP contribution in [0.4, 0.5) is 0 Å². The van der Waals surface area contributed by atoms with Crippen LogP contribution in [0, 0.1) is 41.5 Å². The van der Waals surface area contributed by atoms with Gasteiger partial charge in [0.1, 0.15) is 34.2 Å². The van der Waals surface area contributed by atoms with Gasteiger partial charge in [0.25, 0.3) is 0 Å². The molecule has 0 saturated heterocycles. The number of hydrogen-bond acceptors (Lipinski definition) is 5. The molecule has 0 spiro atoms. The fourth-order valence-corrected chi connectivity index (χ4v) is 8.18. The van der Waals surface area contributed by atoms with Gasteiger partial charge >= 0.3 is 0 Å². The summed E-state index contributed by atoms with van der Waals surface area (Å²) in [4.78, 5) is 0. The Kier molecular flexibility index (Phi) is 13.1. The molecule has 0 fully saturated rings. The van der Waals surface area contributed by atoms with Crippen molar-refractivity contribution in [2.45, 2.75) is 156 Å². The Labute approximate surface area is 278 Å². The number of phenolic OH excluding ortho intramolecular Hbond substituents is 2. The quantitative estimate of drug-likeness (QED) is 0.200. The van der Waals surface area contributed by atoms with Crippen molar-refractivity contribution in [2.24, 2.45) is 0 Å². The van der Waals surface area contributed by atoms with Crippen molar-refractivity contribution in [3.8, 4) is 23.0 Å². The van der Waals surface area contributed by atoms with E-state index in [1.807, 2.05) is 27.7 Å². The number of fused-ring (bicyclic) bond motifs is 2. The van der Waals surface area contributed by atoms with Gasteiger partial charge in [-0.3, -0.25) is 0 Å². The van der Waals surface area contributed by atoms with Gasteiger partial charge in [0.15, 0.2) is 0 Å². The van der Waals surface area contributed by atoms with Crippen LogP contribution < -0.4 is 9.47 Å². The molecule has 0 aromatic heterocycles. The summed E-state index contributed by atoms with van der Waals surface area (Å²) >= 11 is 2.13. The Bertz CT molecular complexity index is 1190. The lowest BCUT2D eigenvalue weighted by Crippen LogP contribution is -2.37. The van der Waals surface area contributed by atoms with Gasteiger partial charge in [-0.25, -0.2) is 0 Å². The second kappa shape index (κ2) is 15.7. The van der Waals surface area contributed by atoms with Crippen molar-refractivity contribution >= 4 is 24.2 Å². The summed E-state index contributed by atoms with van der Waals surface area (Å²) in [7, 11) is 0. The number of aromatic hydroxyl groups is 2. The zero-order chi connectivity index (χ0) is 31.4. The molecule has 248 valence electrons. The molecule has 4 nitrogen and oxygen atoms in total. The lowest BCUT2D eigenvalue weighted by molar-refractivity contribution is 0.0519. The molecule has 0 radical (unpaired) electrons. The van der Waals surface area contributed by atoms with Crippen molar-refractivity contribution in [1.29, 1.82) is 0 Å². The second-order valence-corrected chi connectivity index (χ2v) is 15.3. The van der Waals surface area contributed by atoms with Gasteiger partial charge in [-0.1, -0.05) is 25.7 Å². The minimum atomic E-state index is -0.0889. The maximum Gasteiger partial charge on any atom is 0.127 e. The Balaban J connectivity index is 0.00000529. The molecule has 4 rings (SSSR count). The van der Waals surface area contributed by atoms with Crippen LogP contribution in [0.15, 0.2) is 0 Å². The SMILES string of the molecule is Cc1c(C)c2c(c(C)c1O)CCC(C)(CCCCCCSCCCCCCC1(C)CCc3c(C)c(O)c(C)c(C)c3O1)O2.Cl. The standard InChI is InChI=1S/C38H58O4S.ClH/c1-25-27(3)35-31(29(5)33(25)39)17-21-37(7,41-35)19-13-9-11-15-23-43-24-16-12-10-14-20-38(8)22-18-32-30(6)34(40)26(2)28(4)36(32)42-38;/h39-40H,9-24H2,1-8H3;1H. The highest BCUT2D eigenvalue weighted by molar-refractivity contribution is 7.99. The van der Waals surface area contributed by atoms with E-state index in [1.165, 1.54) is 74.0 Å². The predicted octanol–water partition coefficient (Wildman–Crippen LogP) is 10.9. The van der Waals surface area contributed by atoms with E-state index in [1.54, 1.807) is 0 Å². The average Bonchev–Trinajstić information content (AvgIpc) is 2.99. The van der Waals surface area contributed by atoms with Crippen LogP contribution in [0.25, 0.3) is 0 Å². The largest absolute Gasteiger partial charge is 0.507 e. The van der Waals surface area contributed by atoms with E-state index in [0.29, 0.717) is 11.5 Å². The molecule has 0 amide bonds. The second-order valence-electron chi connectivity index (χ2n) is 14.1. The highest BCUT2D eigenvalue weighted by Crippen LogP contribution is 2.46. The van der Waals surface area contributed by atoms with Gasteiger partial charge in [0.05, 0.1) is 0 Å². The Hall–Kier alpha value is -1.72. The lowest BCUT2D eigenvalue weighted by atomic mass is 9.84. The summed E-state index contributed by atoms with van der Waals surface area (Å²) in [6, 6.07) is 0. The van der Waals surface area contributed by atoms with Gasteiger partial charge in [0, 0.05) is 11.1 Å². The summed E-state index contributed by atoms with van der Waals surface area (Å²) in [6.45, 7) is 16.8. The normalized spacial score (nSPS) is 20.7. The molecule has 2 aromatic rings. The van der Waals surface area contributed by atoms with Crippen LogP contribution in [0.3, 0.4) is 0 Å². The first-order valence-corrected chi connectivity index (χ1v) is 18.1. The molecule has 2 N–H and O–H groups in total. The first kappa shape index (κ1) is 36.7. The molecule has 0 saturated carbocycles. The molecular weight excluding hydrogens is 588 g/mol. The number of phenols is 2. The van der Waals surface area contributed by atoms with E-state index in [4.69, 9.17) is 9.47 Å². The van der Waals surface area contributed by atoms with Gasteiger partial charge in [-0.2, -0.15) is 11.8 Å². The topological polar surface area (TPSA) is 58.9 Å².